The third kappa shape index (κ3) is 4.75. The van der Waals surface area contributed by atoms with Crippen LogP contribution in [-0.4, -0.2) is 17.1 Å². The minimum absolute atomic E-state index is 0.385. The zero-order valence-electron chi connectivity index (χ0n) is 13.4. The van der Waals surface area contributed by atoms with E-state index in [2.05, 4.69) is 15.3 Å². The highest BCUT2D eigenvalue weighted by Crippen LogP contribution is 2.29. The molecule has 0 bridgehead atoms. The van der Waals surface area contributed by atoms with E-state index in [1.165, 1.54) is 0 Å². The van der Waals surface area contributed by atoms with E-state index in [1.807, 2.05) is 30.3 Å². The number of methoxy groups -OCH3 is 1. The topological polar surface area (TPSA) is 56.3 Å². The number of hydrogen-bond donors (Lipinski definition) is 1. The van der Waals surface area contributed by atoms with Crippen molar-refractivity contribution in [3.8, 4) is 11.6 Å². The molecule has 0 radical (unpaired) electrons. The highest BCUT2D eigenvalue weighted by molar-refractivity contribution is 6.32. The molecule has 7 heteroatoms. The van der Waals surface area contributed by atoms with Crippen LogP contribution in [0, 0.1) is 0 Å². The van der Waals surface area contributed by atoms with Gasteiger partial charge < -0.3 is 14.8 Å². The van der Waals surface area contributed by atoms with Crippen LogP contribution < -0.4 is 14.8 Å². The Labute approximate surface area is 155 Å². The SMILES string of the molecule is COc1ccnc(Nc2ccc(Cl)c(OCc3ccc(Cl)cc3)c2)n1. The van der Waals surface area contributed by atoms with E-state index in [-0.39, 0.29) is 0 Å². The Hall–Kier alpha value is -2.50. The van der Waals surface area contributed by atoms with Crippen molar-refractivity contribution in [2.24, 2.45) is 0 Å². The Bertz CT molecular complexity index is 857. The van der Waals surface area contributed by atoms with Gasteiger partial charge in [-0.2, -0.15) is 4.98 Å². The van der Waals surface area contributed by atoms with Crippen LogP contribution in [0.2, 0.25) is 10.0 Å². The minimum Gasteiger partial charge on any atom is -0.487 e. The van der Waals surface area contributed by atoms with E-state index in [1.54, 1.807) is 31.5 Å². The molecule has 0 aliphatic rings. The highest BCUT2D eigenvalue weighted by atomic mass is 35.5. The summed E-state index contributed by atoms with van der Waals surface area (Å²) in [5, 5.41) is 4.30. The number of ether oxygens (including phenoxy) is 2. The lowest BCUT2D eigenvalue weighted by Crippen LogP contribution is -2.00. The maximum atomic E-state index is 6.21. The summed E-state index contributed by atoms with van der Waals surface area (Å²) in [5.41, 5.74) is 1.75. The van der Waals surface area contributed by atoms with Gasteiger partial charge in [0, 0.05) is 29.0 Å². The number of rotatable bonds is 6. The zero-order valence-corrected chi connectivity index (χ0v) is 14.9. The molecule has 0 aliphatic heterocycles. The first-order valence-corrected chi connectivity index (χ1v) is 8.20. The van der Waals surface area contributed by atoms with Crippen LogP contribution in [0.4, 0.5) is 11.6 Å². The molecule has 3 aromatic rings. The summed E-state index contributed by atoms with van der Waals surface area (Å²) in [4.78, 5) is 8.36. The summed E-state index contributed by atoms with van der Waals surface area (Å²) < 4.78 is 10.9. The first-order valence-electron chi connectivity index (χ1n) is 7.45. The summed E-state index contributed by atoms with van der Waals surface area (Å²) in [6.07, 6.45) is 1.61. The van der Waals surface area contributed by atoms with Crippen LogP contribution in [0.1, 0.15) is 5.56 Å². The molecule has 0 aliphatic carbocycles. The van der Waals surface area contributed by atoms with Crippen LogP contribution in [-0.2, 0) is 6.61 Å². The van der Waals surface area contributed by atoms with Crippen molar-refractivity contribution in [3.63, 3.8) is 0 Å². The molecule has 0 fully saturated rings. The Morgan fingerprint density at radius 1 is 1.04 bits per heavy atom. The predicted octanol–water partition coefficient (Wildman–Crippen LogP) is 5.11. The van der Waals surface area contributed by atoms with Gasteiger partial charge in [-0.3, -0.25) is 0 Å². The fraction of sp³-hybridized carbons (Fsp3) is 0.111. The Kier molecular flexibility index (Phi) is 5.58. The van der Waals surface area contributed by atoms with Gasteiger partial charge in [-0.15, -0.1) is 0 Å². The summed E-state index contributed by atoms with van der Waals surface area (Å²) >= 11 is 12.1. The van der Waals surface area contributed by atoms with Crippen molar-refractivity contribution in [1.29, 1.82) is 0 Å². The second-order valence-corrected chi connectivity index (χ2v) is 5.95. The molecule has 1 heterocycles. The third-order valence-corrected chi connectivity index (χ3v) is 3.90. The largest absolute Gasteiger partial charge is 0.487 e. The van der Waals surface area contributed by atoms with E-state index in [9.17, 15) is 0 Å². The Balaban J connectivity index is 1.72. The van der Waals surface area contributed by atoms with Crippen LogP contribution in [0.3, 0.4) is 0 Å². The third-order valence-electron chi connectivity index (χ3n) is 3.33. The molecule has 3 rings (SSSR count). The number of aromatic nitrogens is 2. The normalized spacial score (nSPS) is 10.4. The molecular weight excluding hydrogens is 361 g/mol. The molecule has 0 saturated carbocycles. The van der Waals surface area contributed by atoms with Gasteiger partial charge in [0.1, 0.15) is 12.4 Å². The number of hydrogen-bond acceptors (Lipinski definition) is 5. The quantitative estimate of drug-likeness (QED) is 0.648. The van der Waals surface area contributed by atoms with E-state index < -0.39 is 0 Å². The predicted molar refractivity (Wildman–Crippen MR) is 99.1 cm³/mol. The average Bonchev–Trinajstić information content (AvgIpc) is 2.63. The van der Waals surface area contributed by atoms with Crippen molar-refractivity contribution < 1.29 is 9.47 Å². The maximum Gasteiger partial charge on any atom is 0.230 e. The van der Waals surface area contributed by atoms with Gasteiger partial charge in [0.05, 0.1) is 12.1 Å². The highest BCUT2D eigenvalue weighted by Gasteiger charge is 2.06. The lowest BCUT2D eigenvalue weighted by atomic mass is 10.2. The second kappa shape index (κ2) is 8.05. The summed E-state index contributed by atoms with van der Waals surface area (Å²) in [5.74, 6) is 1.46. The molecule has 128 valence electrons. The molecule has 1 N–H and O–H groups in total. The first kappa shape index (κ1) is 17.3. The molecule has 0 unspecified atom stereocenters. The molecule has 0 saturated heterocycles. The standard InChI is InChI=1S/C18H15Cl2N3O2/c1-24-17-8-9-21-18(23-17)22-14-6-7-15(20)16(10-14)25-11-12-2-4-13(19)5-3-12/h2-10H,11H2,1H3,(H,21,22,23). The summed E-state index contributed by atoms with van der Waals surface area (Å²) in [7, 11) is 1.55. The average molecular weight is 376 g/mol. The van der Waals surface area contributed by atoms with Gasteiger partial charge in [-0.25, -0.2) is 4.98 Å². The van der Waals surface area contributed by atoms with Gasteiger partial charge in [-0.1, -0.05) is 35.3 Å². The summed E-state index contributed by atoms with van der Waals surface area (Å²) in [6.45, 7) is 0.385. The Morgan fingerprint density at radius 3 is 2.60 bits per heavy atom. The van der Waals surface area contributed by atoms with Crippen LogP contribution in [0.5, 0.6) is 11.6 Å². The van der Waals surface area contributed by atoms with Crippen molar-refractivity contribution in [3.05, 3.63) is 70.3 Å². The van der Waals surface area contributed by atoms with Crippen LogP contribution in [0.25, 0.3) is 0 Å². The van der Waals surface area contributed by atoms with Crippen molar-refractivity contribution in [2.75, 3.05) is 12.4 Å². The molecule has 25 heavy (non-hydrogen) atoms. The first-order chi connectivity index (χ1) is 12.1. The summed E-state index contributed by atoms with van der Waals surface area (Å²) in [6, 6.07) is 14.5. The monoisotopic (exact) mass is 375 g/mol. The number of nitrogens with one attached hydrogen (secondary N) is 1. The van der Waals surface area contributed by atoms with E-state index >= 15 is 0 Å². The maximum absolute atomic E-state index is 6.21. The molecule has 2 aromatic carbocycles. The van der Waals surface area contributed by atoms with Gasteiger partial charge in [0.2, 0.25) is 11.8 Å². The Morgan fingerprint density at radius 2 is 1.84 bits per heavy atom. The number of halogens is 2. The van der Waals surface area contributed by atoms with E-state index in [0.29, 0.717) is 34.2 Å². The van der Waals surface area contributed by atoms with Crippen LogP contribution >= 0.6 is 23.2 Å². The second-order valence-electron chi connectivity index (χ2n) is 5.11. The number of benzene rings is 2. The molecule has 0 amide bonds. The van der Waals surface area contributed by atoms with Gasteiger partial charge in [0.25, 0.3) is 0 Å². The lowest BCUT2D eigenvalue weighted by molar-refractivity contribution is 0.306. The fourth-order valence-corrected chi connectivity index (χ4v) is 2.38. The lowest BCUT2D eigenvalue weighted by Gasteiger charge is -2.11. The smallest absolute Gasteiger partial charge is 0.230 e. The van der Waals surface area contributed by atoms with Gasteiger partial charge in [-0.05, 0) is 29.8 Å². The van der Waals surface area contributed by atoms with Gasteiger partial charge >= 0.3 is 0 Å². The van der Waals surface area contributed by atoms with Crippen molar-refractivity contribution >= 4 is 34.8 Å². The fourth-order valence-electron chi connectivity index (χ4n) is 2.08. The minimum atomic E-state index is 0.385. The molecule has 5 nitrogen and oxygen atoms in total. The number of anilines is 2. The molecule has 0 spiro atoms. The van der Waals surface area contributed by atoms with Crippen molar-refractivity contribution in [1.82, 2.24) is 9.97 Å². The molecule has 1 aromatic heterocycles. The molecule has 0 atom stereocenters. The zero-order chi connectivity index (χ0) is 17.6. The van der Waals surface area contributed by atoms with Crippen molar-refractivity contribution in [2.45, 2.75) is 6.61 Å². The van der Waals surface area contributed by atoms with Crippen LogP contribution in [0.15, 0.2) is 54.7 Å². The molecular formula is C18H15Cl2N3O2. The van der Waals surface area contributed by atoms with Gasteiger partial charge in [0.15, 0.2) is 0 Å². The number of nitrogens with zero attached hydrogens (tertiary/aromatic N) is 2. The van der Waals surface area contributed by atoms with E-state index in [0.717, 1.165) is 11.3 Å². The van der Waals surface area contributed by atoms with E-state index in [4.69, 9.17) is 32.7 Å².